The van der Waals surface area contributed by atoms with Crippen molar-refractivity contribution in [1.29, 1.82) is 0 Å². The maximum Gasteiger partial charge on any atom is 0.293 e. The van der Waals surface area contributed by atoms with Crippen molar-refractivity contribution in [3.8, 4) is 0 Å². The Hall–Kier alpha value is -2.96. The summed E-state index contributed by atoms with van der Waals surface area (Å²) in [5.41, 5.74) is 1.08. The Morgan fingerprint density at radius 3 is 2.42 bits per heavy atom. The molecule has 2 amide bonds. The fraction of sp³-hybridized carbons (Fsp3) is 0.294. The molecule has 0 aliphatic carbocycles. The number of rotatable bonds is 2. The van der Waals surface area contributed by atoms with Crippen LogP contribution in [0.5, 0.6) is 0 Å². The minimum absolute atomic E-state index is 0.0763. The van der Waals surface area contributed by atoms with Crippen LogP contribution in [0.4, 0.5) is 11.4 Å². The van der Waals surface area contributed by atoms with Gasteiger partial charge < -0.3 is 4.90 Å². The monoisotopic (exact) mass is 325 g/mol. The molecular weight excluding hydrogens is 310 g/mol. The van der Waals surface area contributed by atoms with Gasteiger partial charge in [0.25, 0.3) is 17.5 Å². The number of hydrogen-bond acceptors (Lipinski definition) is 5. The number of amides is 2. The third-order valence-electron chi connectivity index (χ3n) is 4.80. The van der Waals surface area contributed by atoms with E-state index in [2.05, 4.69) is 0 Å². The van der Waals surface area contributed by atoms with E-state index >= 15 is 0 Å². The largest absolute Gasteiger partial charge is 0.365 e. The quantitative estimate of drug-likeness (QED) is 0.481. The minimum Gasteiger partial charge on any atom is -0.365 e. The van der Waals surface area contributed by atoms with E-state index in [0.29, 0.717) is 22.0 Å². The zero-order valence-electron chi connectivity index (χ0n) is 13.1. The van der Waals surface area contributed by atoms with Gasteiger partial charge in [-0.05, 0) is 18.9 Å². The van der Waals surface area contributed by atoms with Crippen molar-refractivity contribution in [1.82, 2.24) is 4.90 Å². The number of benzene rings is 2. The summed E-state index contributed by atoms with van der Waals surface area (Å²) in [6, 6.07) is 6.46. The number of carbonyl (C=O) groups excluding carboxylic acids is 2. The lowest BCUT2D eigenvalue weighted by Gasteiger charge is -2.26. The molecule has 0 unspecified atom stereocenters. The molecule has 0 bridgehead atoms. The van der Waals surface area contributed by atoms with Gasteiger partial charge in [0, 0.05) is 42.5 Å². The Morgan fingerprint density at radius 2 is 1.75 bits per heavy atom. The highest BCUT2D eigenvalue weighted by atomic mass is 16.6. The lowest BCUT2D eigenvalue weighted by atomic mass is 9.92. The summed E-state index contributed by atoms with van der Waals surface area (Å²) in [6.45, 7) is 1.47. The number of hydrogen-bond donors (Lipinski definition) is 0. The van der Waals surface area contributed by atoms with Crippen LogP contribution in [0, 0.1) is 10.1 Å². The highest BCUT2D eigenvalue weighted by Crippen LogP contribution is 2.42. The molecule has 2 aliphatic rings. The van der Waals surface area contributed by atoms with Gasteiger partial charge in [-0.3, -0.25) is 24.6 Å². The van der Waals surface area contributed by atoms with Crippen LogP contribution in [0.15, 0.2) is 24.3 Å². The van der Waals surface area contributed by atoms with Crippen molar-refractivity contribution in [3.05, 3.63) is 45.5 Å². The fourth-order valence-corrected chi connectivity index (χ4v) is 3.67. The van der Waals surface area contributed by atoms with Crippen LogP contribution >= 0.6 is 0 Å². The topological polar surface area (TPSA) is 83.8 Å². The van der Waals surface area contributed by atoms with Gasteiger partial charge in [-0.2, -0.15) is 0 Å². The highest BCUT2D eigenvalue weighted by Gasteiger charge is 2.35. The van der Waals surface area contributed by atoms with Gasteiger partial charge in [0.15, 0.2) is 0 Å². The van der Waals surface area contributed by atoms with E-state index in [1.807, 2.05) is 4.90 Å². The van der Waals surface area contributed by atoms with Crippen LogP contribution in [-0.4, -0.2) is 41.8 Å². The van der Waals surface area contributed by atoms with Crippen molar-refractivity contribution in [2.24, 2.45) is 0 Å². The van der Waals surface area contributed by atoms with Crippen molar-refractivity contribution < 1.29 is 14.5 Å². The molecule has 2 aromatic carbocycles. The Balaban J connectivity index is 2.14. The maximum atomic E-state index is 12.5. The normalized spacial score (nSPS) is 17.0. The summed E-state index contributed by atoms with van der Waals surface area (Å²) in [5, 5.41) is 12.8. The summed E-state index contributed by atoms with van der Waals surface area (Å²) >= 11 is 0. The molecule has 2 aromatic rings. The molecule has 1 fully saturated rings. The summed E-state index contributed by atoms with van der Waals surface area (Å²) in [7, 11) is 1.40. The van der Waals surface area contributed by atoms with Crippen LogP contribution < -0.4 is 4.90 Å². The molecule has 2 heterocycles. The molecule has 4 rings (SSSR count). The van der Waals surface area contributed by atoms with Gasteiger partial charge in [-0.15, -0.1) is 0 Å². The van der Waals surface area contributed by atoms with Crippen LogP contribution in [0.25, 0.3) is 10.8 Å². The number of imide groups is 1. The predicted octanol–water partition coefficient (Wildman–Crippen LogP) is 2.57. The molecule has 0 saturated carbocycles. The van der Waals surface area contributed by atoms with Crippen molar-refractivity contribution in [2.45, 2.75) is 12.8 Å². The molecule has 0 spiro atoms. The SMILES string of the molecule is CN1C(=O)c2cccc3c(N4CCCC4)c([N+](=O)[O-])cc(c23)C1=O. The third-order valence-corrected chi connectivity index (χ3v) is 4.80. The van der Waals surface area contributed by atoms with E-state index in [1.165, 1.54) is 13.1 Å². The first-order chi connectivity index (χ1) is 11.5. The van der Waals surface area contributed by atoms with Gasteiger partial charge in [0.1, 0.15) is 5.69 Å². The molecule has 0 atom stereocenters. The van der Waals surface area contributed by atoms with E-state index in [0.717, 1.165) is 30.8 Å². The zero-order chi connectivity index (χ0) is 17.0. The lowest BCUT2D eigenvalue weighted by Crippen LogP contribution is -2.37. The van der Waals surface area contributed by atoms with Gasteiger partial charge in [0.2, 0.25) is 0 Å². The van der Waals surface area contributed by atoms with Gasteiger partial charge in [-0.25, -0.2) is 0 Å². The Bertz CT molecular complexity index is 916. The van der Waals surface area contributed by atoms with E-state index in [9.17, 15) is 19.7 Å². The second-order valence-corrected chi connectivity index (χ2v) is 6.14. The van der Waals surface area contributed by atoms with Crippen molar-refractivity contribution in [2.75, 3.05) is 25.0 Å². The Morgan fingerprint density at radius 1 is 1.08 bits per heavy atom. The molecule has 7 heteroatoms. The molecule has 24 heavy (non-hydrogen) atoms. The minimum atomic E-state index is -0.500. The first-order valence-electron chi connectivity index (χ1n) is 7.82. The van der Waals surface area contributed by atoms with Crippen LogP contribution in [-0.2, 0) is 0 Å². The Kier molecular flexibility index (Phi) is 3.06. The van der Waals surface area contributed by atoms with Gasteiger partial charge >= 0.3 is 0 Å². The number of nitro groups is 1. The summed E-state index contributed by atoms with van der Waals surface area (Å²) < 4.78 is 0. The van der Waals surface area contributed by atoms with E-state index in [-0.39, 0.29) is 17.2 Å². The van der Waals surface area contributed by atoms with Crippen molar-refractivity contribution in [3.63, 3.8) is 0 Å². The molecule has 1 saturated heterocycles. The summed E-state index contributed by atoms with van der Waals surface area (Å²) in [6.07, 6.45) is 1.95. The maximum absolute atomic E-state index is 12.5. The third kappa shape index (κ3) is 1.84. The molecule has 122 valence electrons. The smallest absolute Gasteiger partial charge is 0.293 e. The Labute approximate surface area is 137 Å². The van der Waals surface area contributed by atoms with E-state index in [4.69, 9.17) is 0 Å². The number of carbonyl (C=O) groups is 2. The molecule has 0 N–H and O–H groups in total. The van der Waals surface area contributed by atoms with Crippen LogP contribution in [0.3, 0.4) is 0 Å². The predicted molar refractivity (Wildman–Crippen MR) is 88.5 cm³/mol. The molecular formula is C17H15N3O4. The molecule has 2 aliphatic heterocycles. The van der Waals surface area contributed by atoms with Crippen LogP contribution in [0.2, 0.25) is 0 Å². The van der Waals surface area contributed by atoms with Crippen LogP contribution in [0.1, 0.15) is 33.6 Å². The molecule has 7 nitrogen and oxygen atoms in total. The lowest BCUT2D eigenvalue weighted by molar-refractivity contribution is -0.384. The first-order valence-corrected chi connectivity index (χ1v) is 7.82. The van der Waals surface area contributed by atoms with E-state index in [1.54, 1.807) is 18.2 Å². The summed E-state index contributed by atoms with van der Waals surface area (Å²) in [5.74, 6) is -0.876. The molecule has 0 radical (unpaired) electrons. The summed E-state index contributed by atoms with van der Waals surface area (Å²) in [4.78, 5) is 39.1. The van der Waals surface area contributed by atoms with Gasteiger partial charge in [0.05, 0.1) is 10.5 Å². The number of nitro benzene ring substituents is 1. The highest BCUT2D eigenvalue weighted by molar-refractivity contribution is 6.27. The first kappa shape index (κ1) is 14.6. The second-order valence-electron chi connectivity index (χ2n) is 6.14. The fourth-order valence-electron chi connectivity index (χ4n) is 3.67. The number of anilines is 1. The van der Waals surface area contributed by atoms with Crippen molar-refractivity contribution >= 4 is 34.0 Å². The molecule has 0 aromatic heterocycles. The average molecular weight is 325 g/mol. The average Bonchev–Trinajstić information content (AvgIpc) is 3.10. The van der Waals surface area contributed by atoms with E-state index < -0.39 is 10.8 Å². The number of nitrogens with zero attached hydrogens (tertiary/aromatic N) is 3. The zero-order valence-corrected chi connectivity index (χ0v) is 13.1. The van der Waals surface area contributed by atoms with Gasteiger partial charge in [-0.1, -0.05) is 12.1 Å². The second kappa shape index (κ2) is 5.02. The standard InChI is InChI=1S/C17H15N3O4/c1-18-16(21)11-6-4-5-10-14(11)12(17(18)22)9-13(20(23)24)15(10)19-7-2-3-8-19/h4-6,9H,2-3,7-8H2,1H3.